The number of rotatable bonds is 3. The zero-order chi connectivity index (χ0) is 10.6. The summed E-state index contributed by atoms with van der Waals surface area (Å²) < 4.78 is 17.7. The Balaban J connectivity index is 2.96. The lowest BCUT2D eigenvalue weighted by molar-refractivity contribution is 0.0525. The highest BCUT2D eigenvalue weighted by atomic mass is 19.1. The van der Waals surface area contributed by atoms with Gasteiger partial charge in [-0.05, 0) is 25.1 Å². The Morgan fingerprint density at radius 3 is 2.79 bits per heavy atom. The monoisotopic (exact) mass is 196 g/mol. The van der Waals surface area contributed by atoms with Crippen LogP contribution in [0.25, 0.3) is 0 Å². The second-order valence-electron chi connectivity index (χ2n) is 2.57. The Morgan fingerprint density at radius 2 is 2.29 bits per heavy atom. The maximum absolute atomic E-state index is 13.0. The molecule has 0 aromatic heterocycles. The maximum Gasteiger partial charge on any atom is 0.338 e. The van der Waals surface area contributed by atoms with Gasteiger partial charge in [0, 0.05) is 0 Å². The van der Waals surface area contributed by atoms with E-state index < -0.39 is 11.8 Å². The number of hydrogen-bond acceptors (Lipinski definition) is 3. The molecule has 14 heavy (non-hydrogen) atoms. The van der Waals surface area contributed by atoms with E-state index in [1.165, 1.54) is 12.1 Å². The van der Waals surface area contributed by atoms with Crippen molar-refractivity contribution in [3.8, 4) is 0 Å². The van der Waals surface area contributed by atoms with Gasteiger partial charge in [-0.25, -0.2) is 9.18 Å². The van der Waals surface area contributed by atoms with Gasteiger partial charge in [0.15, 0.2) is 6.29 Å². The van der Waals surface area contributed by atoms with Crippen molar-refractivity contribution in [1.82, 2.24) is 0 Å². The minimum Gasteiger partial charge on any atom is -0.462 e. The summed E-state index contributed by atoms with van der Waals surface area (Å²) >= 11 is 0. The minimum absolute atomic E-state index is 0.0713. The summed E-state index contributed by atoms with van der Waals surface area (Å²) in [6.45, 7) is 1.89. The number of aldehydes is 1. The topological polar surface area (TPSA) is 43.4 Å². The van der Waals surface area contributed by atoms with Crippen molar-refractivity contribution in [3.05, 3.63) is 35.1 Å². The Morgan fingerprint density at radius 1 is 1.57 bits per heavy atom. The van der Waals surface area contributed by atoms with Gasteiger partial charge in [0.25, 0.3) is 0 Å². The highest BCUT2D eigenvalue weighted by Gasteiger charge is 2.09. The van der Waals surface area contributed by atoms with Crippen molar-refractivity contribution < 1.29 is 18.7 Å². The van der Waals surface area contributed by atoms with Crippen molar-refractivity contribution >= 4 is 12.3 Å². The Labute approximate surface area is 80.5 Å². The molecule has 1 aromatic rings. The average Bonchev–Trinajstić information content (AvgIpc) is 2.18. The second kappa shape index (κ2) is 4.50. The zero-order valence-electron chi connectivity index (χ0n) is 7.62. The number of halogens is 1. The minimum atomic E-state index is -0.717. The molecular formula is C10H9FO3. The van der Waals surface area contributed by atoms with Crippen LogP contribution >= 0.6 is 0 Å². The molecule has 0 radical (unpaired) electrons. The summed E-state index contributed by atoms with van der Waals surface area (Å²) in [7, 11) is 0. The summed E-state index contributed by atoms with van der Waals surface area (Å²) in [5.41, 5.74) is 0.0352. The molecule has 1 rings (SSSR count). The van der Waals surface area contributed by atoms with Gasteiger partial charge in [0.2, 0.25) is 0 Å². The van der Waals surface area contributed by atoms with Crippen LogP contribution in [0.5, 0.6) is 0 Å². The van der Waals surface area contributed by atoms with Crippen LogP contribution in [0.4, 0.5) is 4.39 Å². The molecular weight excluding hydrogens is 187 g/mol. The summed E-state index contributed by atoms with van der Waals surface area (Å²) in [6, 6.07) is 3.58. The molecule has 74 valence electrons. The number of esters is 1. The summed E-state index contributed by atoms with van der Waals surface area (Å²) in [4.78, 5) is 21.4. The third-order valence-corrected chi connectivity index (χ3v) is 1.64. The molecule has 0 N–H and O–H groups in total. The van der Waals surface area contributed by atoms with E-state index in [-0.39, 0.29) is 17.7 Å². The van der Waals surface area contributed by atoms with E-state index in [0.717, 1.165) is 6.07 Å². The lowest BCUT2D eigenvalue weighted by atomic mass is 10.1. The fourth-order valence-electron chi connectivity index (χ4n) is 0.964. The van der Waals surface area contributed by atoms with Crippen LogP contribution in [-0.2, 0) is 4.74 Å². The first-order valence-corrected chi connectivity index (χ1v) is 4.11. The number of carbonyl (C=O) groups is 2. The van der Waals surface area contributed by atoms with E-state index in [1.54, 1.807) is 6.92 Å². The molecule has 0 bridgehead atoms. The molecule has 0 aliphatic carbocycles. The smallest absolute Gasteiger partial charge is 0.338 e. The SMILES string of the molecule is CCOC(=O)c1ccc(C=O)c(F)c1. The van der Waals surface area contributed by atoms with E-state index in [9.17, 15) is 14.0 Å². The standard InChI is InChI=1S/C10H9FO3/c1-2-14-10(13)7-3-4-8(6-12)9(11)5-7/h3-6H,2H2,1H3. The van der Waals surface area contributed by atoms with Crippen molar-refractivity contribution in [2.24, 2.45) is 0 Å². The van der Waals surface area contributed by atoms with Crippen molar-refractivity contribution in [2.75, 3.05) is 6.61 Å². The Kier molecular flexibility index (Phi) is 3.34. The van der Waals surface area contributed by atoms with Gasteiger partial charge in [-0.15, -0.1) is 0 Å². The quantitative estimate of drug-likeness (QED) is 0.547. The zero-order valence-corrected chi connectivity index (χ0v) is 7.62. The van der Waals surface area contributed by atoms with Gasteiger partial charge < -0.3 is 4.74 Å². The summed E-state index contributed by atoms with van der Waals surface area (Å²) in [5, 5.41) is 0. The predicted octanol–water partition coefficient (Wildman–Crippen LogP) is 1.81. The highest BCUT2D eigenvalue weighted by molar-refractivity contribution is 5.90. The molecule has 0 spiro atoms. The normalized spacial score (nSPS) is 9.57. The van der Waals surface area contributed by atoms with E-state index >= 15 is 0 Å². The third-order valence-electron chi connectivity index (χ3n) is 1.64. The molecule has 0 amide bonds. The second-order valence-corrected chi connectivity index (χ2v) is 2.57. The van der Waals surface area contributed by atoms with Gasteiger partial charge in [0.1, 0.15) is 5.82 Å². The average molecular weight is 196 g/mol. The summed E-state index contributed by atoms with van der Waals surface area (Å²) in [5.74, 6) is -1.31. The lowest BCUT2D eigenvalue weighted by Gasteiger charge is -2.02. The van der Waals surface area contributed by atoms with E-state index in [1.807, 2.05) is 0 Å². The Bertz CT molecular complexity index is 360. The van der Waals surface area contributed by atoms with E-state index in [0.29, 0.717) is 6.29 Å². The number of hydrogen-bond donors (Lipinski definition) is 0. The lowest BCUT2D eigenvalue weighted by Crippen LogP contribution is -2.05. The molecule has 0 heterocycles. The number of benzene rings is 1. The number of carbonyl (C=O) groups excluding carboxylic acids is 2. The molecule has 0 aliphatic heterocycles. The molecule has 3 nitrogen and oxygen atoms in total. The fourth-order valence-corrected chi connectivity index (χ4v) is 0.964. The molecule has 0 aliphatic rings. The van der Waals surface area contributed by atoms with Crippen molar-refractivity contribution in [1.29, 1.82) is 0 Å². The molecule has 0 saturated carbocycles. The maximum atomic E-state index is 13.0. The van der Waals surface area contributed by atoms with E-state index in [2.05, 4.69) is 4.74 Å². The highest BCUT2D eigenvalue weighted by Crippen LogP contribution is 2.09. The van der Waals surface area contributed by atoms with Gasteiger partial charge in [-0.1, -0.05) is 0 Å². The molecule has 0 atom stereocenters. The van der Waals surface area contributed by atoms with Crippen molar-refractivity contribution in [3.63, 3.8) is 0 Å². The van der Waals surface area contributed by atoms with Crippen LogP contribution in [0, 0.1) is 5.82 Å². The van der Waals surface area contributed by atoms with Crippen LogP contribution in [0.3, 0.4) is 0 Å². The van der Waals surface area contributed by atoms with Crippen LogP contribution < -0.4 is 0 Å². The third kappa shape index (κ3) is 2.16. The molecule has 0 unspecified atom stereocenters. The molecule has 0 fully saturated rings. The largest absolute Gasteiger partial charge is 0.462 e. The first-order valence-electron chi connectivity index (χ1n) is 4.11. The van der Waals surface area contributed by atoms with Crippen LogP contribution in [-0.4, -0.2) is 18.9 Å². The summed E-state index contributed by atoms with van der Waals surface area (Å²) in [6.07, 6.45) is 0.393. The predicted molar refractivity (Wildman–Crippen MR) is 47.7 cm³/mol. The van der Waals surface area contributed by atoms with Gasteiger partial charge in [-0.3, -0.25) is 4.79 Å². The van der Waals surface area contributed by atoms with Gasteiger partial charge >= 0.3 is 5.97 Å². The molecule has 1 aromatic carbocycles. The first-order chi connectivity index (χ1) is 6.69. The Hall–Kier alpha value is -1.71. The van der Waals surface area contributed by atoms with E-state index in [4.69, 9.17) is 0 Å². The molecule has 0 saturated heterocycles. The fraction of sp³-hybridized carbons (Fsp3) is 0.200. The first kappa shape index (κ1) is 10.4. The number of ether oxygens (including phenoxy) is 1. The van der Waals surface area contributed by atoms with Gasteiger partial charge in [-0.2, -0.15) is 0 Å². The van der Waals surface area contributed by atoms with Crippen LogP contribution in [0.2, 0.25) is 0 Å². The van der Waals surface area contributed by atoms with Crippen LogP contribution in [0.15, 0.2) is 18.2 Å². The van der Waals surface area contributed by atoms with Crippen molar-refractivity contribution in [2.45, 2.75) is 6.92 Å². The molecule has 4 heteroatoms. The van der Waals surface area contributed by atoms with Gasteiger partial charge in [0.05, 0.1) is 17.7 Å². The van der Waals surface area contributed by atoms with Crippen LogP contribution in [0.1, 0.15) is 27.6 Å².